The minimum atomic E-state index is 0.0654. The maximum Gasteiger partial charge on any atom is 0.188 e. The molecule has 1 fully saturated rings. The van der Waals surface area contributed by atoms with Crippen molar-refractivity contribution < 1.29 is 14.6 Å². The Labute approximate surface area is 142 Å². The van der Waals surface area contributed by atoms with Crippen molar-refractivity contribution in [2.75, 3.05) is 13.7 Å². The first-order valence-corrected chi connectivity index (χ1v) is 8.62. The first-order valence-electron chi connectivity index (χ1n) is 8.62. The molecule has 0 saturated heterocycles. The van der Waals surface area contributed by atoms with Crippen LogP contribution in [0, 0.1) is 0 Å². The van der Waals surface area contributed by atoms with Crippen molar-refractivity contribution in [3.8, 4) is 11.5 Å². The zero-order chi connectivity index (χ0) is 16.8. The average molecular weight is 331 g/mol. The van der Waals surface area contributed by atoms with Crippen LogP contribution in [0.4, 0.5) is 0 Å². The Morgan fingerprint density at radius 2 is 1.92 bits per heavy atom. The molecule has 0 spiro atoms. The first-order chi connectivity index (χ1) is 11.8. The van der Waals surface area contributed by atoms with Crippen molar-refractivity contribution in [3.05, 3.63) is 35.9 Å². The van der Waals surface area contributed by atoms with Crippen LogP contribution < -0.4 is 9.47 Å². The molecular weight excluding hydrogens is 306 g/mol. The molecular formula is C18H25N3O3. The highest BCUT2D eigenvalue weighted by atomic mass is 16.5. The maximum absolute atomic E-state index is 9.29. The average Bonchev–Trinajstić information content (AvgIpc) is 3.04. The lowest BCUT2D eigenvalue weighted by Crippen LogP contribution is -2.14. The van der Waals surface area contributed by atoms with E-state index in [4.69, 9.17) is 14.5 Å². The van der Waals surface area contributed by atoms with E-state index in [1.807, 2.05) is 28.9 Å². The number of nitrogens with zero attached hydrogens (tertiary/aromatic N) is 3. The fourth-order valence-electron chi connectivity index (χ4n) is 3.27. The summed E-state index contributed by atoms with van der Waals surface area (Å²) in [6, 6.07) is 7.54. The normalized spacial score (nSPS) is 15.4. The summed E-state index contributed by atoms with van der Waals surface area (Å²) >= 11 is 0. The molecule has 0 radical (unpaired) electrons. The van der Waals surface area contributed by atoms with Gasteiger partial charge in [-0.15, -0.1) is 0 Å². The van der Waals surface area contributed by atoms with Gasteiger partial charge in [-0.3, -0.25) is 0 Å². The van der Waals surface area contributed by atoms with Crippen LogP contribution in [0.5, 0.6) is 11.5 Å². The zero-order valence-electron chi connectivity index (χ0n) is 14.1. The van der Waals surface area contributed by atoms with Gasteiger partial charge in [-0.05, 0) is 25.0 Å². The predicted octanol–water partition coefficient (Wildman–Crippen LogP) is 2.91. The summed E-state index contributed by atoms with van der Waals surface area (Å²) in [5, 5.41) is 13.8. The van der Waals surface area contributed by atoms with Crippen molar-refractivity contribution in [2.24, 2.45) is 0 Å². The Bertz CT molecular complexity index is 651. The van der Waals surface area contributed by atoms with E-state index in [-0.39, 0.29) is 6.61 Å². The van der Waals surface area contributed by atoms with Crippen LogP contribution in [-0.4, -0.2) is 33.6 Å². The van der Waals surface area contributed by atoms with Crippen molar-refractivity contribution in [3.63, 3.8) is 0 Å². The Kier molecular flexibility index (Phi) is 5.69. The second kappa shape index (κ2) is 8.15. The van der Waals surface area contributed by atoms with Crippen LogP contribution in [0.2, 0.25) is 0 Å². The van der Waals surface area contributed by atoms with Crippen molar-refractivity contribution in [1.82, 2.24) is 14.8 Å². The number of benzene rings is 1. The second-order valence-electron chi connectivity index (χ2n) is 6.11. The number of rotatable bonds is 7. The molecule has 6 nitrogen and oxygen atoms in total. The van der Waals surface area contributed by atoms with E-state index < -0.39 is 0 Å². The van der Waals surface area contributed by atoms with Gasteiger partial charge >= 0.3 is 0 Å². The van der Waals surface area contributed by atoms with Crippen molar-refractivity contribution in [2.45, 2.75) is 51.2 Å². The second-order valence-corrected chi connectivity index (χ2v) is 6.11. The largest absolute Gasteiger partial charge is 0.493 e. The Balaban J connectivity index is 1.73. The highest BCUT2D eigenvalue weighted by Gasteiger charge is 2.22. The van der Waals surface area contributed by atoms with Gasteiger partial charge in [-0.1, -0.05) is 31.4 Å². The maximum atomic E-state index is 9.29. The Morgan fingerprint density at radius 1 is 1.17 bits per heavy atom. The van der Waals surface area contributed by atoms with E-state index in [0.29, 0.717) is 36.4 Å². The van der Waals surface area contributed by atoms with Gasteiger partial charge in [0.05, 0.1) is 20.3 Å². The lowest BCUT2D eigenvalue weighted by Gasteiger charge is -2.20. The van der Waals surface area contributed by atoms with Crippen LogP contribution in [-0.2, 0) is 13.2 Å². The highest BCUT2D eigenvalue weighted by Crippen LogP contribution is 2.32. The molecule has 0 aliphatic heterocycles. The zero-order valence-corrected chi connectivity index (χ0v) is 14.1. The predicted molar refractivity (Wildman–Crippen MR) is 90.3 cm³/mol. The molecule has 1 heterocycles. The third-order valence-electron chi connectivity index (χ3n) is 4.45. The van der Waals surface area contributed by atoms with Gasteiger partial charge in [-0.25, -0.2) is 9.67 Å². The van der Waals surface area contributed by atoms with Gasteiger partial charge < -0.3 is 14.6 Å². The van der Waals surface area contributed by atoms with Gasteiger partial charge in [0, 0.05) is 5.92 Å². The minimum absolute atomic E-state index is 0.0654. The van der Waals surface area contributed by atoms with Crippen LogP contribution in [0.3, 0.4) is 0 Å². The fourth-order valence-corrected chi connectivity index (χ4v) is 3.27. The molecule has 1 aromatic carbocycles. The topological polar surface area (TPSA) is 69.4 Å². The molecule has 3 rings (SSSR count). The molecule has 130 valence electrons. The molecule has 6 heteroatoms. The summed E-state index contributed by atoms with van der Waals surface area (Å²) in [6.45, 7) is 0.835. The lowest BCUT2D eigenvalue weighted by atomic mass is 9.89. The number of aromatic nitrogens is 3. The molecule has 24 heavy (non-hydrogen) atoms. The molecule has 1 aliphatic rings. The molecule has 1 aliphatic carbocycles. The van der Waals surface area contributed by atoms with E-state index in [9.17, 15) is 5.11 Å². The van der Waals surface area contributed by atoms with E-state index in [1.54, 1.807) is 7.11 Å². The first kappa shape index (κ1) is 16.8. The number of para-hydroxylation sites is 2. The van der Waals surface area contributed by atoms with Gasteiger partial charge in [0.1, 0.15) is 12.4 Å². The third kappa shape index (κ3) is 3.87. The van der Waals surface area contributed by atoms with E-state index in [0.717, 1.165) is 18.7 Å². The summed E-state index contributed by atoms with van der Waals surface area (Å²) in [5.74, 6) is 3.45. The molecule has 1 N–H and O–H groups in total. The van der Waals surface area contributed by atoms with Gasteiger partial charge in [-0.2, -0.15) is 5.10 Å². The quantitative estimate of drug-likeness (QED) is 0.845. The van der Waals surface area contributed by atoms with E-state index >= 15 is 0 Å². The van der Waals surface area contributed by atoms with Crippen molar-refractivity contribution >= 4 is 0 Å². The van der Waals surface area contributed by atoms with E-state index in [2.05, 4.69) is 5.10 Å². The number of hydrogen-bond acceptors (Lipinski definition) is 5. The molecule has 0 amide bonds. The molecule has 0 atom stereocenters. The Morgan fingerprint density at radius 3 is 2.62 bits per heavy atom. The SMILES string of the molecule is COc1ccccc1OCc1nc(C2CCCCC2)n(CCO)n1. The monoisotopic (exact) mass is 331 g/mol. The summed E-state index contributed by atoms with van der Waals surface area (Å²) in [4.78, 5) is 4.70. The fraction of sp³-hybridized carbons (Fsp3) is 0.556. The molecule has 0 bridgehead atoms. The lowest BCUT2D eigenvalue weighted by molar-refractivity contribution is 0.259. The number of aliphatic hydroxyl groups is 1. The summed E-state index contributed by atoms with van der Waals surface area (Å²) in [7, 11) is 1.62. The number of aliphatic hydroxyl groups excluding tert-OH is 1. The number of methoxy groups -OCH3 is 1. The number of hydrogen-bond donors (Lipinski definition) is 1. The third-order valence-corrected chi connectivity index (χ3v) is 4.45. The van der Waals surface area contributed by atoms with E-state index in [1.165, 1.54) is 19.3 Å². The summed E-state index contributed by atoms with van der Waals surface area (Å²) in [5.41, 5.74) is 0. The van der Waals surface area contributed by atoms with Crippen LogP contribution in [0.15, 0.2) is 24.3 Å². The summed E-state index contributed by atoms with van der Waals surface area (Å²) < 4.78 is 13.0. The molecule has 2 aromatic rings. The van der Waals surface area contributed by atoms with Crippen molar-refractivity contribution in [1.29, 1.82) is 0 Å². The highest BCUT2D eigenvalue weighted by molar-refractivity contribution is 5.39. The summed E-state index contributed by atoms with van der Waals surface area (Å²) in [6.07, 6.45) is 6.08. The molecule has 0 unspecified atom stereocenters. The molecule has 1 aromatic heterocycles. The molecule has 1 saturated carbocycles. The van der Waals surface area contributed by atoms with Crippen LogP contribution in [0.25, 0.3) is 0 Å². The van der Waals surface area contributed by atoms with Gasteiger partial charge in [0.15, 0.2) is 17.3 Å². The number of ether oxygens (including phenoxy) is 2. The standard InChI is InChI=1S/C18H25N3O3/c1-23-15-9-5-6-10-16(15)24-13-17-19-18(21(20-17)11-12-22)14-7-3-2-4-8-14/h5-6,9-10,14,22H,2-4,7-8,11-13H2,1H3. The van der Waals surface area contributed by atoms with Crippen LogP contribution >= 0.6 is 0 Å². The van der Waals surface area contributed by atoms with Gasteiger partial charge in [0.2, 0.25) is 0 Å². The van der Waals surface area contributed by atoms with Crippen LogP contribution in [0.1, 0.15) is 49.7 Å². The van der Waals surface area contributed by atoms with Gasteiger partial charge in [0.25, 0.3) is 0 Å². The minimum Gasteiger partial charge on any atom is -0.493 e. The Hall–Kier alpha value is -2.08. The smallest absolute Gasteiger partial charge is 0.188 e.